The van der Waals surface area contributed by atoms with Crippen LogP contribution in [0.2, 0.25) is 0 Å². The van der Waals surface area contributed by atoms with Gasteiger partial charge in [0.05, 0.1) is 6.54 Å². The second kappa shape index (κ2) is 2.69. The van der Waals surface area contributed by atoms with E-state index in [9.17, 15) is 4.79 Å². The summed E-state index contributed by atoms with van der Waals surface area (Å²) in [6.07, 6.45) is 3.36. The highest BCUT2D eigenvalue weighted by Gasteiger charge is 2.22. The first-order valence-electron chi connectivity index (χ1n) is 4.14. The van der Waals surface area contributed by atoms with Crippen molar-refractivity contribution in [3.63, 3.8) is 0 Å². The molecular formula is C8H11N3O. The van der Waals surface area contributed by atoms with Crippen molar-refractivity contribution in [2.24, 2.45) is 5.92 Å². The molecule has 12 heavy (non-hydrogen) atoms. The topological polar surface area (TPSA) is 47.8 Å². The Labute approximate surface area is 70.6 Å². The Kier molecular flexibility index (Phi) is 1.67. The van der Waals surface area contributed by atoms with Gasteiger partial charge in [-0.15, -0.1) is 0 Å². The van der Waals surface area contributed by atoms with Gasteiger partial charge in [-0.1, -0.05) is 0 Å². The molecule has 0 saturated carbocycles. The number of ketones is 1. The first-order valence-corrected chi connectivity index (χ1v) is 4.14. The normalized spacial score (nSPS) is 21.9. The second-order valence-corrected chi connectivity index (χ2v) is 3.20. The molecule has 1 aromatic rings. The molecule has 4 heteroatoms. The molecule has 0 fully saturated rings. The summed E-state index contributed by atoms with van der Waals surface area (Å²) in [5, 5.41) is 4.04. The van der Waals surface area contributed by atoms with E-state index in [1.165, 1.54) is 0 Å². The van der Waals surface area contributed by atoms with E-state index in [1.807, 2.05) is 4.68 Å². The molecule has 1 unspecified atom stereocenters. The summed E-state index contributed by atoms with van der Waals surface area (Å²) in [5.41, 5.74) is 0. The zero-order chi connectivity index (χ0) is 8.55. The van der Waals surface area contributed by atoms with Crippen LogP contribution in [0.5, 0.6) is 0 Å². The van der Waals surface area contributed by atoms with Crippen LogP contribution in [0.15, 0.2) is 6.33 Å². The molecule has 0 saturated heterocycles. The Hall–Kier alpha value is -1.19. The lowest BCUT2D eigenvalue weighted by atomic mass is 9.96. The van der Waals surface area contributed by atoms with Gasteiger partial charge < -0.3 is 0 Å². The van der Waals surface area contributed by atoms with E-state index in [1.54, 1.807) is 13.3 Å². The number of hydrogen-bond acceptors (Lipinski definition) is 3. The lowest BCUT2D eigenvalue weighted by molar-refractivity contribution is -0.121. The van der Waals surface area contributed by atoms with Crippen molar-refractivity contribution in [3.05, 3.63) is 12.2 Å². The van der Waals surface area contributed by atoms with E-state index >= 15 is 0 Å². The number of fused-ring (bicyclic) bond motifs is 1. The Morgan fingerprint density at radius 1 is 1.75 bits per heavy atom. The molecule has 1 aliphatic rings. The van der Waals surface area contributed by atoms with Crippen LogP contribution >= 0.6 is 0 Å². The molecule has 1 atom stereocenters. The molecule has 0 radical (unpaired) electrons. The second-order valence-electron chi connectivity index (χ2n) is 3.20. The lowest BCUT2D eigenvalue weighted by Crippen LogP contribution is -2.25. The molecule has 0 amide bonds. The predicted octanol–water partition coefficient (Wildman–Crippen LogP) is 0.429. The van der Waals surface area contributed by atoms with E-state index in [2.05, 4.69) is 10.1 Å². The Morgan fingerprint density at radius 3 is 3.33 bits per heavy atom. The summed E-state index contributed by atoms with van der Waals surface area (Å²) < 4.78 is 1.83. The average molecular weight is 165 g/mol. The number of aryl methyl sites for hydroxylation is 1. The maximum atomic E-state index is 11.1. The van der Waals surface area contributed by atoms with Gasteiger partial charge in [0.1, 0.15) is 17.9 Å². The Balaban J connectivity index is 2.20. The summed E-state index contributed by atoms with van der Waals surface area (Å²) in [6, 6.07) is 0. The molecule has 0 spiro atoms. The third-order valence-corrected chi connectivity index (χ3v) is 2.38. The van der Waals surface area contributed by atoms with Gasteiger partial charge >= 0.3 is 0 Å². The standard InChI is InChI=1S/C8H11N3O/c1-6(12)7-2-3-8-9-5-10-11(8)4-7/h5,7H,2-4H2,1H3. The van der Waals surface area contributed by atoms with E-state index in [-0.39, 0.29) is 11.7 Å². The van der Waals surface area contributed by atoms with Crippen molar-refractivity contribution < 1.29 is 4.79 Å². The van der Waals surface area contributed by atoms with Crippen molar-refractivity contribution in [1.82, 2.24) is 14.8 Å². The van der Waals surface area contributed by atoms with Crippen molar-refractivity contribution in [3.8, 4) is 0 Å². The molecule has 0 N–H and O–H groups in total. The van der Waals surface area contributed by atoms with Crippen LogP contribution in [0.1, 0.15) is 19.2 Å². The number of carbonyl (C=O) groups is 1. The van der Waals surface area contributed by atoms with Crippen LogP contribution < -0.4 is 0 Å². The van der Waals surface area contributed by atoms with Crippen LogP contribution in [-0.2, 0) is 17.8 Å². The van der Waals surface area contributed by atoms with Crippen molar-refractivity contribution in [1.29, 1.82) is 0 Å². The van der Waals surface area contributed by atoms with E-state index in [4.69, 9.17) is 0 Å². The number of hydrogen-bond donors (Lipinski definition) is 0. The van der Waals surface area contributed by atoms with Gasteiger partial charge in [-0.3, -0.25) is 4.79 Å². The smallest absolute Gasteiger partial charge is 0.138 e. The fraction of sp³-hybridized carbons (Fsp3) is 0.625. The maximum Gasteiger partial charge on any atom is 0.138 e. The lowest BCUT2D eigenvalue weighted by Gasteiger charge is -2.19. The minimum Gasteiger partial charge on any atom is -0.300 e. The molecule has 2 rings (SSSR count). The largest absolute Gasteiger partial charge is 0.300 e. The summed E-state index contributed by atoms with van der Waals surface area (Å²) in [4.78, 5) is 15.2. The van der Waals surface area contributed by atoms with Gasteiger partial charge in [0.2, 0.25) is 0 Å². The van der Waals surface area contributed by atoms with E-state index in [0.717, 1.165) is 18.7 Å². The van der Waals surface area contributed by atoms with Crippen LogP contribution in [0.4, 0.5) is 0 Å². The number of aromatic nitrogens is 3. The van der Waals surface area contributed by atoms with Crippen LogP contribution in [-0.4, -0.2) is 20.5 Å². The van der Waals surface area contributed by atoms with Gasteiger partial charge in [-0.25, -0.2) is 9.67 Å². The number of carbonyl (C=O) groups excluding carboxylic acids is 1. The summed E-state index contributed by atoms with van der Waals surface area (Å²) in [7, 11) is 0. The average Bonchev–Trinajstić information content (AvgIpc) is 2.49. The van der Waals surface area contributed by atoms with Crippen molar-refractivity contribution in [2.45, 2.75) is 26.3 Å². The number of Topliss-reactive ketones (excluding diaryl/α,β-unsaturated/α-hetero) is 1. The highest BCUT2D eigenvalue weighted by molar-refractivity contribution is 5.78. The highest BCUT2D eigenvalue weighted by atomic mass is 16.1. The summed E-state index contributed by atoms with van der Waals surface area (Å²) in [5.74, 6) is 1.42. The molecule has 0 aromatic carbocycles. The van der Waals surface area contributed by atoms with Gasteiger partial charge in [0.25, 0.3) is 0 Å². The third-order valence-electron chi connectivity index (χ3n) is 2.38. The van der Waals surface area contributed by atoms with Crippen LogP contribution in [0.3, 0.4) is 0 Å². The van der Waals surface area contributed by atoms with Crippen LogP contribution in [0.25, 0.3) is 0 Å². The van der Waals surface area contributed by atoms with E-state index in [0.29, 0.717) is 6.54 Å². The molecule has 4 nitrogen and oxygen atoms in total. The molecule has 1 aliphatic heterocycles. The Morgan fingerprint density at radius 2 is 2.58 bits per heavy atom. The minimum atomic E-state index is 0.152. The van der Waals surface area contributed by atoms with Gasteiger partial charge in [-0.05, 0) is 13.3 Å². The van der Waals surface area contributed by atoms with Gasteiger partial charge in [0, 0.05) is 12.3 Å². The molecule has 0 aliphatic carbocycles. The van der Waals surface area contributed by atoms with Crippen molar-refractivity contribution in [2.75, 3.05) is 0 Å². The molecule has 64 valence electrons. The maximum absolute atomic E-state index is 11.1. The monoisotopic (exact) mass is 165 g/mol. The quantitative estimate of drug-likeness (QED) is 0.606. The molecular weight excluding hydrogens is 154 g/mol. The molecule has 2 heterocycles. The zero-order valence-corrected chi connectivity index (χ0v) is 7.03. The fourth-order valence-electron chi connectivity index (χ4n) is 1.57. The Bertz CT molecular complexity index is 305. The van der Waals surface area contributed by atoms with E-state index < -0.39 is 0 Å². The highest BCUT2D eigenvalue weighted by Crippen LogP contribution is 2.17. The first kappa shape index (κ1) is 7.46. The first-order chi connectivity index (χ1) is 5.77. The van der Waals surface area contributed by atoms with Gasteiger partial charge in [-0.2, -0.15) is 5.10 Å². The molecule has 0 bridgehead atoms. The fourth-order valence-corrected chi connectivity index (χ4v) is 1.57. The number of rotatable bonds is 1. The SMILES string of the molecule is CC(=O)C1CCc2ncnn2C1. The minimum absolute atomic E-state index is 0.152. The zero-order valence-electron chi connectivity index (χ0n) is 7.03. The summed E-state index contributed by atoms with van der Waals surface area (Å²) >= 11 is 0. The summed E-state index contributed by atoms with van der Waals surface area (Å²) in [6.45, 7) is 2.36. The molecule has 1 aromatic heterocycles. The van der Waals surface area contributed by atoms with Crippen LogP contribution in [0, 0.1) is 5.92 Å². The number of nitrogens with zero attached hydrogens (tertiary/aromatic N) is 3. The third kappa shape index (κ3) is 1.13. The van der Waals surface area contributed by atoms with Gasteiger partial charge in [0.15, 0.2) is 0 Å². The van der Waals surface area contributed by atoms with Crippen molar-refractivity contribution >= 4 is 5.78 Å². The predicted molar refractivity (Wildman–Crippen MR) is 42.5 cm³/mol.